The first-order chi connectivity index (χ1) is 25.8. The molecule has 53 heavy (non-hydrogen) atoms. The predicted octanol–water partition coefficient (Wildman–Crippen LogP) is 12.2. The van der Waals surface area contributed by atoms with Crippen LogP contribution in [0.15, 0.2) is 176 Å². The number of benzene rings is 7. The lowest BCUT2D eigenvalue weighted by Crippen LogP contribution is -2.47. The highest BCUT2D eigenvalue weighted by Crippen LogP contribution is 2.40. The molecule has 0 amide bonds. The van der Waals surface area contributed by atoms with Crippen LogP contribution in [0.4, 0.5) is 34.1 Å². The Bertz CT molecular complexity index is 2110. The third-order valence-corrected chi connectivity index (χ3v) is 9.48. The normalized spacial score (nSPS) is 10.5. The summed E-state index contributed by atoms with van der Waals surface area (Å²) in [5.41, 5.74) is 13.8. The van der Waals surface area contributed by atoms with Crippen LogP contribution < -0.4 is 19.5 Å². The number of para-hydroxylation sites is 7. The molecular formula is C49H47N3O. The molecule has 0 N–H and O–H groups in total. The molecule has 0 aliphatic heterocycles. The largest absolute Gasteiger partial charge is 0.872 e. The van der Waals surface area contributed by atoms with Gasteiger partial charge in [-0.3, -0.25) is 0 Å². The van der Waals surface area contributed by atoms with Crippen molar-refractivity contribution in [2.24, 2.45) is 0 Å². The first-order valence-electron chi connectivity index (χ1n) is 18.1. The molecule has 0 heterocycles. The van der Waals surface area contributed by atoms with Crippen molar-refractivity contribution in [1.82, 2.24) is 4.58 Å². The van der Waals surface area contributed by atoms with Crippen LogP contribution in [0.3, 0.4) is 0 Å². The molecule has 0 spiro atoms. The zero-order valence-corrected chi connectivity index (χ0v) is 31.5. The Balaban J connectivity index is 0.000000616. The Kier molecular flexibility index (Phi) is 11.5. The summed E-state index contributed by atoms with van der Waals surface area (Å²) in [6.45, 7) is 13.2. The van der Waals surface area contributed by atoms with Crippen molar-refractivity contribution < 1.29 is 5.11 Å². The van der Waals surface area contributed by atoms with E-state index in [1.54, 1.807) is 12.1 Å². The Labute approximate surface area is 315 Å². The SMILES string of the molecule is Cc1ccccc1N(C(N(c1ccccc1C)c1ccccc1C)=[N+](c1ccccc1C)c1ccccc1C)c1ccccc1C.[O-]c1ccccc1. The molecule has 0 unspecified atom stereocenters. The van der Waals surface area contributed by atoms with E-state index < -0.39 is 0 Å². The van der Waals surface area contributed by atoms with Crippen molar-refractivity contribution in [3.8, 4) is 5.75 Å². The minimum atomic E-state index is 0.0718. The number of nitrogens with zero attached hydrogens (tertiary/aromatic N) is 3. The van der Waals surface area contributed by atoms with Crippen molar-refractivity contribution in [2.75, 3.05) is 9.80 Å². The molecule has 7 rings (SSSR count). The van der Waals surface area contributed by atoms with Crippen LogP contribution in [0.1, 0.15) is 33.4 Å². The molecule has 0 aliphatic carbocycles. The van der Waals surface area contributed by atoms with Crippen LogP contribution >= 0.6 is 0 Å². The van der Waals surface area contributed by atoms with Crippen LogP contribution in [-0.4, -0.2) is 5.96 Å². The van der Waals surface area contributed by atoms with E-state index in [1.165, 1.54) is 45.5 Å². The fourth-order valence-electron chi connectivity index (χ4n) is 6.64. The zero-order valence-electron chi connectivity index (χ0n) is 31.5. The van der Waals surface area contributed by atoms with Gasteiger partial charge < -0.3 is 5.11 Å². The van der Waals surface area contributed by atoms with Gasteiger partial charge in [-0.25, -0.2) is 0 Å². The second-order valence-electron chi connectivity index (χ2n) is 13.3. The van der Waals surface area contributed by atoms with E-state index >= 15 is 0 Å². The van der Waals surface area contributed by atoms with Gasteiger partial charge in [0.1, 0.15) is 34.1 Å². The summed E-state index contributed by atoms with van der Waals surface area (Å²) in [6, 6.07) is 60.6. The van der Waals surface area contributed by atoms with Gasteiger partial charge in [-0.15, -0.1) is 5.75 Å². The monoisotopic (exact) mass is 693 g/mol. The van der Waals surface area contributed by atoms with Crippen molar-refractivity contribution in [3.05, 3.63) is 209 Å². The van der Waals surface area contributed by atoms with Crippen LogP contribution in [0.5, 0.6) is 5.75 Å². The fraction of sp³-hybridized carbons (Fsp3) is 0.122. The summed E-state index contributed by atoms with van der Waals surface area (Å²) in [5.74, 6) is 1.07. The smallest absolute Gasteiger partial charge is 0.380 e. The van der Waals surface area contributed by atoms with E-state index in [-0.39, 0.29) is 5.75 Å². The highest BCUT2D eigenvalue weighted by molar-refractivity contribution is 6.18. The molecule has 0 aliphatic rings. The average molecular weight is 694 g/mol. The summed E-state index contributed by atoms with van der Waals surface area (Å²) in [5, 5.41) is 10.3. The summed E-state index contributed by atoms with van der Waals surface area (Å²) < 4.78 is 2.46. The lowest BCUT2D eigenvalue weighted by Gasteiger charge is -2.33. The van der Waals surface area contributed by atoms with E-state index in [0.29, 0.717) is 0 Å². The standard InChI is InChI=1S/C43H42N3.C6H6O/c1-31-19-7-13-25-37(31)44(38-26-14-8-20-32(38)2)43(45(39-27-15-9-21-33(39)3)40-28-16-10-22-34(40)4)46(41-29-17-11-23-35(41)5)42-30-18-12-24-36(42)6;7-6-4-2-1-3-5-6/h7-30H,1-6H3;1-5,7H/q+1;/p-1. The maximum atomic E-state index is 10.3. The number of aryl methyl sites for hydroxylation is 6. The Morgan fingerprint density at radius 3 is 0.868 bits per heavy atom. The van der Waals surface area contributed by atoms with Crippen LogP contribution in [0.25, 0.3) is 0 Å². The second kappa shape index (κ2) is 16.8. The molecule has 264 valence electrons. The number of hydrogen-bond donors (Lipinski definition) is 0. The van der Waals surface area contributed by atoms with Crippen LogP contribution in [-0.2, 0) is 0 Å². The third kappa shape index (κ3) is 8.08. The summed E-state index contributed by atoms with van der Waals surface area (Å²) in [6.07, 6.45) is 0. The van der Waals surface area contributed by atoms with E-state index in [0.717, 1.165) is 40.1 Å². The first kappa shape index (κ1) is 36.4. The van der Waals surface area contributed by atoms with Gasteiger partial charge in [0.15, 0.2) is 0 Å². The minimum Gasteiger partial charge on any atom is -0.872 e. The van der Waals surface area contributed by atoms with Gasteiger partial charge in [0.25, 0.3) is 0 Å². The molecule has 4 heteroatoms. The molecule has 0 fully saturated rings. The molecule has 0 atom stereocenters. The molecule has 7 aromatic carbocycles. The summed E-state index contributed by atoms with van der Waals surface area (Å²) >= 11 is 0. The zero-order chi connectivity index (χ0) is 37.3. The molecule has 0 radical (unpaired) electrons. The molecule has 0 saturated heterocycles. The van der Waals surface area contributed by atoms with E-state index in [9.17, 15) is 5.11 Å². The van der Waals surface area contributed by atoms with Crippen molar-refractivity contribution >= 4 is 40.1 Å². The predicted molar refractivity (Wildman–Crippen MR) is 224 cm³/mol. The molecule has 7 aromatic rings. The highest BCUT2D eigenvalue weighted by Gasteiger charge is 2.39. The van der Waals surface area contributed by atoms with Gasteiger partial charge in [0.2, 0.25) is 0 Å². The topological polar surface area (TPSA) is 32.5 Å². The number of hydrogen-bond acceptors (Lipinski definition) is 1. The van der Waals surface area contributed by atoms with E-state index in [2.05, 4.69) is 202 Å². The maximum Gasteiger partial charge on any atom is 0.380 e. The molecular weight excluding hydrogens is 647 g/mol. The lowest BCUT2D eigenvalue weighted by molar-refractivity contribution is -0.268. The third-order valence-electron chi connectivity index (χ3n) is 9.48. The van der Waals surface area contributed by atoms with Gasteiger partial charge in [0.05, 0.1) is 0 Å². The Hall–Kier alpha value is -6.39. The minimum absolute atomic E-state index is 0.0718. The number of guanidine groups is 1. The van der Waals surface area contributed by atoms with Gasteiger partial charge in [-0.2, -0.15) is 14.4 Å². The first-order valence-corrected chi connectivity index (χ1v) is 18.1. The number of rotatable bonds is 6. The summed E-state index contributed by atoms with van der Waals surface area (Å²) in [4.78, 5) is 4.92. The molecule has 0 aromatic heterocycles. The highest BCUT2D eigenvalue weighted by atomic mass is 16.3. The lowest BCUT2D eigenvalue weighted by atomic mass is 10.1. The van der Waals surface area contributed by atoms with Gasteiger partial charge >= 0.3 is 5.96 Å². The van der Waals surface area contributed by atoms with Gasteiger partial charge in [-0.1, -0.05) is 140 Å². The van der Waals surface area contributed by atoms with Crippen molar-refractivity contribution in [2.45, 2.75) is 41.5 Å². The van der Waals surface area contributed by atoms with Crippen LogP contribution in [0, 0.1) is 41.5 Å². The van der Waals surface area contributed by atoms with Crippen LogP contribution in [0.2, 0.25) is 0 Å². The molecule has 0 bridgehead atoms. The fourth-order valence-corrected chi connectivity index (χ4v) is 6.64. The van der Waals surface area contributed by atoms with Gasteiger partial charge in [-0.05, 0) is 111 Å². The van der Waals surface area contributed by atoms with Gasteiger partial charge in [0, 0.05) is 0 Å². The second-order valence-corrected chi connectivity index (χ2v) is 13.3. The Morgan fingerprint density at radius 1 is 0.340 bits per heavy atom. The average Bonchev–Trinajstić information content (AvgIpc) is 3.16. The quantitative estimate of drug-likeness (QED) is 0.0987. The van der Waals surface area contributed by atoms with E-state index in [4.69, 9.17) is 0 Å². The maximum absolute atomic E-state index is 10.3. The Morgan fingerprint density at radius 2 is 0.604 bits per heavy atom. The molecule has 0 saturated carbocycles. The van der Waals surface area contributed by atoms with Crippen molar-refractivity contribution in [3.63, 3.8) is 0 Å². The molecule has 4 nitrogen and oxygen atoms in total. The summed E-state index contributed by atoms with van der Waals surface area (Å²) in [7, 11) is 0. The number of anilines is 4. The van der Waals surface area contributed by atoms with E-state index in [1.807, 2.05) is 6.07 Å². The van der Waals surface area contributed by atoms with Crippen molar-refractivity contribution in [1.29, 1.82) is 0 Å².